The smallest absolute Gasteiger partial charge is 0.121 e. The lowest BCUT2D eigenvalue weighted by atomic mass is 10.2. The number of aryl methyl sites for hydroxylation is 1. The predicted molar refractivity (Wildman–Crippen MR) is 85.9 cm³/mol. The Labute approximate surface area is 124 Å². The first-order valence-electron chi connectivity index (χ1n) is 7.17. The standard InChI is InChI=1S/C17H19N3O/c1-21-14-9-10-15-16(12-14)20-17(19-15)8-5-11-18-13-6-3-2-4-7-13/h2-4,6-7,9-10,12,18H,5,8,11H2,1H3,(H,19,20). The van der Waals surface area contributed by atoms with Gasteiger partial charge in [0.1, 0.15) is 11.6 Å². The number of ether oxygens (including phenoxy) is 1. The predicted octanol–water partition coefficient (Wildman–Crippen LogP) is 3.62. The number of H-pyrrole nitrogens is 1. The minimum Gasteiger partial charge on any atom is -0.497 e. The Hall–Kier alpha value is -2.49. The summed E-state index contributed by atoms with van der Waals surface area (Å²) in [5.41, 5.74) is 3.18. The molecular weight excluding hydrogens is 262 g/mol. The van der Waals surface area contributed by atoms with Crippen LogP contribution in [0.3, 0.4) is 0 Å². The fourth-order valence-electron chi connectivity index (χ4n) is 2.33. The largest absolute Gasteiger partial charge is 0.497 e. The Morgan fingerprint density at radius 1 is 1.14 bits per heavy atom. The van der Waals surface area contributed by atoms with Gasteiger partial charge in [-0.3, -0.25) is 0 Å². The van der Waals surface area contributed by atoms with Crippen molar-refractivity contribution in [2.45, 2.75) is 12.8 Å². The summed E-state index contributed by atoms with van der Waals surface area (Å²) >= 11 is 0. The lowest BCUT2D eigenvalue weighted by Gasteiger charge is -2.04. The maximum atomic E-state index is 5.22. The summed E-state index contributed by atoms with van der Waals surface area (Å²) in [7, 11) is 1.67. The molecule has 0 saturated carbocycles. The van der Waals surface area contributed by atoms with Crippen LogP contribution < -0.4 is 10.1 Å². The van der Waals surface area contributed by atoms with Crippen LogP contribution in [0.15, 0.2) is 48.5 Å². The van der Waals surface area contributed by atoms with Crippen molar-refractivity contribution < 1.29 is 4.74 Å². The maximum absolute atomic E-state index is 5.22. The topological polar surface area (TPSA) is 49.9 Å². The van der Waals surface area contributed by atoms with Gasteiger partial charge in [0.05, 0.1) is 18.1 Å². The first-order chi connectivity index (χ1) is 10.3. The number of anilines is 1. The van der Waals surface area contributed by atoms with Crippen LogP contribution in [0.25, 0.3) is 11.0 Å². The van der Waals surface area contributed by atoms with Gasteiger partial charge in [0.2, 0.25) is 0 Å². The molecule has 21 heavy (non-hydrogen) atoms. The number of rotatable bonds is 6. The fourth-order valence-corrected chi connectivity index (χ4v) is 2.33. The van der Waals surface area contributed by atoms with Gasteiger partial charge in [0.25, 0.3) is 0 Å². The highest BCUT2D eigenvalue weighted by atomic mass is 16.5. The van der Waals surface area contributed by atoms with Gasteiger partial charge in [0.15, 0.2) is 0 Å². The highest BCUT2D eigenvalue weighted by Gasteiger charge is 2.03. The van der Waals surface area contributed by atoms with Gasteiger partial charge in [-0.25, -0.2) is 4.98 Å². The van der Waals surface area contributed by atoms with Gasteiger partial charge >= 0.3 is 0 Å². The number of para-hydroxylation sites is 1. The van der Waals surface area contributed by atoms with E-state index in [2.05, 4.69) is 27.4 Å². The third kappa shape index (κ3) is 3.34. The minimum absolute atomic E-state index is 0.850. The molecule has 0 aliphatic carbocycles. The number of methoxy groups -OCH3 is 1. The molecule has 2 N–H and O–H groups in total. The maximum Gasteiger partial charge on any atom is 0.121 e. The number of nitrogens with zero attached hydrogens (tertiary/aromatic N) is 1. The molecule has 0 aliphatic rings. The van der Waals surface area contributed by atoms with Crippen LogP contribution in [0.1, 0.15) is 12.2 Å². The molecule has 0 unspecified atom stereocenters. The summed E-state index contributed by atoms with van der Waals surface area (Å²) in [5.74, 6) is 1.87. The zero-order valence-corrected chi connectivity index (χ0v) is 12.1. The van der Waals surface area contributed by atoms with E-state index in [1.807, 2.05) is 36.4 Å². The van der Waals surface area contributed by atoms with E-state index in [-0.39, 0.29) is 0 Å². The molecule has 0 fully saturated rings. The van der Waals surface area contributed by atoms with E-state index in [0.717, 1.165) is 47.7 Å². The first-order valence-corrected chi connectivity index (χ1v) is 7.17. The summed E-state index contributed by atoms with van der Waals surface area (Å²) in [4.78, 5) is 7.94. The quantitative estimate of drug-likeness (QED) is 0.678. The molecule has 4 nitrogen and oxygen atoms in total. The summed E-state index contributed by atoms with van der Waals surface area (Å²) in [6, 6.07) is 16.1. The fraction of sp³-hybridized carbons (Fsp3) is 0.235. The molecule has 1 heterocycles. The van der Waals surface area contributed by atoms with Crippen molar-refractivity contribution in [2.75, 3.05) is 19.0 Å². The normalized spacial score (nSPS) is 10.7. The molecule has 1 aromatic heterocycles. The number of imidazole rings is 1. The second-order valence-electron chi connectivity index (χ2n) is 4.96. The lowest BCUT2D eigenvalue weighted by Crippen LogP contribution is -2.03. The third-order valence-corrected chi connectivity index (χ3v) is 3.43. The van der Waals surface area contributed by atoms with Gasteiger partial charge < -0.3 is 15.0 Å². The number of hydrogen-bond donors (Lipinski definition) is 2. The molecule has 0 amide bonds. The molecule has 0 bridgehead atoms. The van der Waals surface area contributed by atoms with Crippen molar-refractivity contribution in [1.29, 1.82) is 0 Å². The molecule has 2 aromatic carbocycles. The molecular formula is C17H19N3O. The molecule has 3 rings (SSSR count). The van der Waals surface area contributed by atoms with Crippen LogP contribution in [-0.4, -0.2) is 23.6 Å². The molecule has 0 spiro atoms. The summed E-state index contributed by atoms with van der Waals surface area (Å²) in [6.07, 6.45) is 1.96. The van der Waals surface area contributed by atoms with E-state index in [1.165, 1.54) is 0 Å². The number of aromatic amines is 1. The highest BCUT2D eigenvalue weighted by Crippen LogP contribution is 2.19. The number of aromatic nitrogens is 2. The monoisotopic (exact) mass is 281 g/mol. The molecule has 0 aliphatic heterocycles. The van der Waals surface area contributed by atoms with Crippen LogP contribution in [0.4, 0.5) is 5.69 Å². The summed E-state index contributed by atoms with van der Waals surface area (Å²) in [5, 5.41) is 3.41. The second kappa shape index (κ2) is 6.31. The van der Waals surface area contributed by atoms with Crippen molar-refractivity contribution in [3.63, 3.8) is 0 Å². The zero-order chi connectivity index (χ0) is 14.5. The van der Waals surface area contributed by atoms with Crippen LogP contribution in [0, 0.1) is 0 Å². The molecule has 0 radical (unpaired) electrons. The van der Waals surface area contributed by atoms with Gasteiger partial charge in [-0.2, -0.15) is 0 Å². The Balaban J connectivity index is 1.55. The number of nitrogens with one attached hydrogen (secondary N) is 2. The van der Waals surface area contributed by atoms with E-state index >= 15 is 0 Å². The van der Waals surface area contributed by atoms with E-state index in [1.54, 1.807) is 7.11 Å². The zero-order valence-electron chi connectivity index (χ0n) is 12.1. The van der Waals surface area contributed by atoms with Gasteiger partial charge in [-0.1, -0.05) is 18.2 Å². The van der Waals surface area contributed by atoms with Crippen LogP contribution >= 0.6 is 0 Å². The van der Waals surface area contributed by atoms with Crippen LogP contribution in [0.2, 0.25) is 0 Å². The molecule has 108 valence electrons. The molecule has 4 heteroatoms. The van der Waals surface area contributed by atoms with E-state index in [0.29, 0.717) is 0 Å². The Bertz CT molecular complexity index is 706. The third-order valence-electron chi connectivity index (χ3n) is 3.43. The lowest BCUT2D eigenvalue weighted by molar-refractivity contribution is 0.415. The Morgan fingerprint density at radius 3 is 2.81 bits per heavy atom. The molecule has 0 atom stereocenters. The summed E-state index contributed by atoms with van der Waals surface area (Å²) in [6.45, 7) is 0.935. The van der Waals surface area contributed by atoms with Crippen molar-refractivity contribution in [2.24, 2.45) is 0 Å². The molecule has 3 aromatic rings. The Kier molecular flexibility index (Phi) is 4.05. The van der Waals surface area contributed by atoms with Gasteiger partial charge in [0, 0.05) is 24.7 Å². The van der Waals surface area contributed by atoms with Crippen molar-refractivity contribution in [3.8, 4) is 5.75 Å². The van der Waals surface area contributed by atoms with E-state index in [9.17, 15) is 0 Å². The van der Waals surface area contributed by atoms with Crippen molar-refractivity contribution in [1.82, 2.24) is 9.97 Å². The van der Waals surface area contributed by atoms with Crippen molar-refractivity contribution in [3.05, 3.63) is 54.4 Å². The SMILES string of the molecule is COc1ccc2nc(CCCNc3ccccc3)[nH]c2c1. The minimum atomic E-state index is 0.850. The van der Waals surface area contributed by atoms with Crippen LogP contribution in [0.5, 0.6) is 5.75 Å². The number of benzene rings is 2. The number of fused-ring (bicyclic) bond motifs is 1. The summed E-state index contributed by atoms with van der Waals surface area (Å²) < 4.78 is 5.22. The van der Waals surface area contributed by atoms with Gasteiger partial charge in [-0.15, -0.1) is 0 Å². The Morgan fingerprint density at radius 2 is 2.00 bits per heavy atom. The highest BCUT2D eigenvalue weighted by molar-refractivity contribution is 5.76. The van der Waals surface area contributed by atoms with E-state index < -0.39 is 0 Å². The van der Waals surface area contributed by atoms with Crippen molar-refractivity contribution >= 4 is 16.7 Å². The van der Waals surface area contributed by atoms with Crippen LogP contribution in [-0.2, 0) is 6.42 Å². The average Bonchev–Trinajstić information content (AvgIpc) is 2.94. The first kappa shape index (κ1) is 13.5. The average molecular weight is 281 g/mol. The van der Waals surface area contributed by atoms with E-state index in [4.69, 9.17) is 4.74 Å². The van der Waals surface area contributed by atoms with Gasteiger partial charge in [-0.05, 0) is 30.7 Å². The second-order valence-corrected chi connectivity index (χ2v) is 4.96. The molecule has 0 saturated heterocycles. The number of hydrogen-bond acceptors (Lipinski definition) is 3.